The van der Waals surface area contributed by atoms with E-state index in [9.17, 15) is 9.59 Å². The number of likely N-dealkylation sites (N-methyl/N-ethyl adjacent to an activating group) is 1. The smallest absolute Gasteiger partial charge is 0.249 e. The normalized spacial score (nSPS) is 16.5. The highest BCUT2D eigenvalue weighted by Gasteiger charge is 2.38. The molecule has 0 unspecified atom stereocenters. The highest BCUT2D eigenvalue weighted by atomic mass is 28.3. The fourth-order valence-electron chi connectivity index (χ4n) is 3.93. The summed E-state index contributed by atoms with van der Waals surface area (Å²) < 4.78 is 7.35. The van der Waals surface area contributed by atoms with Crippen LogP contribution < -0.4 is 9.80 Å². The lowest BCUT2D eigenvalue weighted by Gasteiger charge is -2.42. The van der Waals surface area contributed by atoms with Gasteiger partial charge in [-0.05, 0) is 32.4 Å². The van der Waals surface area contributed by atoms with Gasteiger partial charge in [0.05, 0.1) is 12.6 Å². The number of anilines is 2. The number of fused-ring (bicyclic) bond motifs is 1. The number of ketones is 1. The van der Waals surface area contributed by atoms with E-state index in [0.29, 0.717) is 36.1 Å². The number of rotatable bonds is 10. The lowest BCUT2D eigenvalue weighted by Crippen LogP contribution is -2.55. The summed E-state index contributed by atoms with van der Waals surface area (Å²) in [6, 6.07) is 2.56. The third-order valence-electron chi connectivity index (χ3n) is 5.83. The van der Waals surface area contributed by atoms with Gasteiger partial charge in [-0.2, -0.15) is 5.10 Å². The highest BCUT2D eigenvalue weighted by Crippen LogP contribution is 2.35. The number of hydrogen-bond donors (Lipinski definition) is 0. The van der Waals surface area contributed by atoms with E-state index < -0.39 is 8.07 Å². The summed E-state index contributed by atoms with van der Waals surface area (Å²) in [5.41, 5.74) is 1.14. The molecule has 1 aliphatic heterocycles. The van der Waals surface area contributed by atoms with Gasteiger partial charge < -0.3 is 14.5 Å². The Balaban J connectivity index is 1.77. The zero-order chi connectivity index (χ0) is 24.3. The van der Waals surface area contributed by atoms with Crippen molar-refractivity contribution in [2.45, 2.75) is 78.1 Å². The molecule has 0 radical (unpaired) electrons. The third kappa shape index (κ3) is 5.67. The average Bonchev–Trinajstić information content (AvgIpc) is 3.21. The van der Waals surface area contributed by atoms with Crippen LogP contribution in [-0.4, -0.2) is 65.3 Å². The maximum absolute atomic E-state index is 13.0. The van der Waals surface area contributed by atoms with Gasteiger partial charge in [-0.15, -0.1) is 0 Å². The molecule has 1 amide bonds. The van der Waals surface area contributed by atoms with E-state index >= 15 is 0 Å². The maximum Gasteiger partial charge on any atom is 0.249 e. The molecule has 180 valence electrons. The van der Waals surface area contributed by atoms with Crippen LogP contribution in [-0.2, 0) is 22.7 Å². The predicted molar refractivity (Wildman–Crippen MR) is 132 cm³/mol. The minimum atomic E-state index is -1.18. The summed E-state index contributed by atoms with van der Waals surface area (Å²) in [6.07, 6.45) is 3.97. The minimum Gasteiger partial charge on any atom is -0.360 e. The van der Waals surface area contributed by atoms with Gasteiger partial charge in [0.25, 0.3) is 0 Å². The monoisotopic (exact) mass is 472 g/mol. The highest BCUT2D eigenvalue weighted by molar-refractivity contribution is 6.76. The van der Waals surface area contributed by atoms with Gasteiger partial charge in [-0.3, -0.25) is 9.59 Å². The molecular formula is C23H36N6O3Si. The molecule has 0 aliphatic carbocycles. The molecule has 1 aliphatic rings. The van der Waals surface area contributed by atoms with Crippen molar-refractivity contribution in [3.63, 3.8) is 0 Å². The molecule has 2 aromatic heterocycles. The van der Waals surface area contributed by atoms with Crippen LogP contribution in [0.5, 0.6) is 0 Å². The summed E-state index contributed by atoms with van der Waals surface area (Å²) in [7, 11) is 0.571. The summed E-state index contributed by atoms with van der Waals surface area (Å²) >= 11 is 0. The first-order valence-electron chi connectivity index (χ1n) is 11.6. The second kappa shape index (κ2) is 10.1. The van der Waals surface area contributed by atoms with Gasteiger partial charge in [0, 0.05) is 34.0 Å². The largest absolute Gasteiger partial charge is 0.360 e. The number of ether oxygens (including phenoxy) is 1. The average molecular weight is 473 g/mol. The van der Waals surface area contributed by atoms with Crippen LogP contribution in [0.15, 0.2) is 18.5 Å². The molecule has 0 saturated carbocycles. The van der Waals surface area contributed by atoms with Crippen molar-refractivity contribution in [3.8, 4) is 0 Å². The van der Waals surface area contributed by atoms with E-state index in [2.05, 4.69) is 29.7 Å². The van der Waals surface area contributed by atoms with Gasteiger partial charge >= 0.3 is 0 Å². The molecule has 0 N–H and O–H groups in total. The Morgan fingerprint density at radius 2 is 2.00 bits per heavy atom. The second-order valence-electron chi connectivity index (χ2n) is 9.98. The van der Waals surface area contributed by atoms with Gasteiger partial charge in [-0.25, -0.2) is 14.6 Å². The molecule has 0 spiro atoms. The van der Waals surface area contributed by atoms with Crippen LogP contribution in [0.4, 0.5) is 11.5 Å². The van der Waals surface area contributed by atoms with Gasteiger partial charge in [0.2, 0.25) is 5.91 Å². The van der Waals surface area contributed by atoms with Crippen molar-refractivity contribution in [1.82, 2.24) is 19.7 Å². The first kappa shape index (κ1) is 25.0. The SMILES string of the molecule is CC[C@@H]1C(=O)N(C)c2cnc(CC(=O)c3ccnn3COCC[Si](C)(C)C)nc2N1C(C)C. The van der Waals surface area contributed by atoms with Crippen molar-refractivity contribution in [2.75, 3.05) is 23.5 Å². The lowest BCUT2D eigenvalue weighted by atomic mass is 10.1. The molecule has 3 heterocycles. The number of aromatic nitrogens is 4. The number of Topliss-reactive ketones (excluding diaryl/α,β-unsaturated/α-hetero) is 1. The van der Waals surface area contributed by atoms with E-state index in [1.54, 1.807) is 35.1 Å². The van der Waals surface area contributed by atoms with E-state index in [1.165, 1.54) is 0 Å². The molecule has 0 saturated heterocycles. The standard InChI is InChI=1S/C23H36N6O3Si/c1-8-17-23(31)27(4)19-14-24-21(26-22(19)29(17)16(2)3)13-20(30)18-9-10-25-28(18)15-32-11-12-33(5,6)7/h9-10,14,16-17H,8,11-13,15H2,1-7H3/t17-/m1/s1. The van der Waals surface area contributed by atoms with E-state index in [-0.39, 0.29) is 36.9 Å². The quantitative estimate of drug-likeness (QED) is 0.297. The zero-order valence-electron chi connectivity index (χ0n) is 20.8. The van der Waals surface area contributed by atoms with Crippen LogP contribution in [0.1, 0.15) is 43.5 Å². The predicted octanol–water partition coefficient (Wildman–Crippen LogP) is 3.38. The Kier molecular flexibility index (Phi) is 7.68. The van der Waals surface area contributed by atoms with Crippen LogP contribution in [0, 0.1) is 0 Å². The maximum atomic E-state index is 13.0. The Bertz CT molecular complexity index is 1000. The summed E-state index contributed by atoms with van der Waals surface area (Å²) in [6.45, 7) is 13.9. The first-order valence-corrected chi connectivity index (χ1v) is 15.3. The van der Waals surface area contributed by atoms with Crippen molar-refractivity contribution in [2.24, 2.45) is 0 Å². The molecule has 0 aromatic carbocycles. The zero-order valence-corrected chi connectivity index (χ0v) is 21.8. The number of amides is 1. The van der Waals surface area contributed by atoms with Gasteiger partial charge in [-0.1, -0.05) is 26.6 Å². The molecule has 9 nitrogen and oxygen atoms in total. The fraction of sp³-hybridized carbons (Fsp3) is 0.609. The number of carbonyl (C=O) groups excluding carboxylic acids is 2. The Morgan fingerprint density at radius 1 is 1.27 bits per heavy atom. The number of nitrogens with zero attached hydrogens (tertiary/aromatic N) is 6. The molecule has 3 rings (SSSR count). The third-order valence-corrected chi connectivity index (χ3v) is 7.54. The van der Waals surface area contributed by atoms with E-state index in [1.807, 2.05) is 25.7 Å². The van der Waals surface area contributed by atoms with E-state index in [0.717, 1.165) is 6.04 Å². The summed E-state index contributed by atoms with van der Waals surface area (Å²) in [4.78, 5) is 38.6. The van der Waals surface area contributed by atoms with Gasteiger partial charge in [0.15, 0.2) is 11.6 Å². The molecule has 33 heavy (non-hydrogen) atoms. The summed E-state index contributed by atoms with van der Waals surface area (Å²) in [5.74, 6) is 1.03. The molecular weight excluding hydrogens is 436 g/mol. The van der Waals surface area contributed by atoms with Crippen LogP contribution >= 0.6 is 0 Å². The Morgan fingerprint density at radius 3 is 2.64 bits per heavy atom. The fourth-order valence-corrected chi connectivity index (χ4v) is 4.69. The number of hydrogen-bond acceptors (Lipinski definition) is 7. The Labute approximate surface area is 197 Å². The second-order valence-corrected chi connectivity index (χ2v) is 15.6. The topological polar surface area (TPSA) is 93.5 Å². The van der Waals surface area contributed by atoms with Crippen molar-refractivity contribution >= 4 is 31.3 Å². The molecule has 2 aromatic rings. The lowest BCUT2D eigenvalue weighted by molar-refractivity contribution is -0.120. The van der Waals surface area contributed by atoms with Crippen LogP contribution in [0.3, 0.4) is 0 Å². The van der Waals surface area contributed by atoms with E-state index in [4.69, 9.17) is 9.72 Å². The van der Waals surface area contributed by atoms with Crippen molar-refractivity contribution in [3.05, 3.63) is 30.0 Å². The Hall–Kier alpha value is -2.59. The molecule has 1 atom stereocenters. The van der Waals surface area contributed by atoms with Gasteiger partial charge in [0.1, 0.15) is 30.0 Å². The molecule has 0 bridgehead atoms. The van der Waals surface area contributed by atoms with Crippen LogP contribution in [0.25, 0.3) is 0 Å². The van der Waals surface area contributed by atoms with Crippen molar-refractivity contribution in [1.29, 1.82) is 0 Å². The summed E-state index contributed by atoms with van der Waals surface area (Å²) in [5, 5.41) is 4.25. The van der Waals surface area contributed by atoms with Crippen molar-refractivity contribution < 1.29 is 14.3 Å². The minimum absolute atomic E-state index is 0.0316. The molecule has 0 fully saturated rings. The van der Waals surface area contributed by atoms with Crippen LogP contribution in [0.2, 0.25) is 25.7 Å². The first-order chi connectivity index (χ1) is 15.5. The number of carbonyl (C=O) groups is 2. The molecule has 10 heteroatoms.